The van der Waals surface area contributed by atoms with Crippen LogP contribution in [0.15, 0.2) is 48.5 Å². The van der Waals surface area contributed by atoms with Gasteiger partial charge in [0.1, 0.15) is 11.6 Å². The molecule has 1 aliphatic heterocycles. The van der Waals surface area contributed by atoms with Crippen LogP contribution in [0.2, 0.25) is 5.02 Å². The van der Waals surface area contributed by atoms with E-state index in [1.54, 1.807) is 0 Å². The van der Waals surface area contributed by atoms with Crippen LogP contribution in [0.25, 0.3) is 0 Å². The molecule has 1 aliphatic rings. The summed E-state index contributed by atoms with van der Waals surface area (Å²) < 4.78 is 18.5. The SMILES string of the molecule is O=C(O)C1CN(C(=O)COc2ccc(F)c(Cl)c2)CC1c1ccccc1. The van der Waals surface area contributed by atoms with Gasteiger partial charge in [-0.05, 0) is 17.7 Å². The maximum atomic E-state index is 13.1. The standard InChI is InChI=1S/C19H17ClFNO4/c20-16-8-13(6-7-17(16)21)26-11-18(23)22-9-14(15(10-22)19(24)25)12-4-2-1-3-5-12/h1-8,14-15H,9-11H2,(H,24,25). The van der Waals surface area contributed by atoms with Crippen LogP contribution in [0.1, 0.15) is 11.5 Å². The Morgan fingerprint density at radius 1 is 1.19 bits per heavy atom. The van der Waals surface area contributed by atoms with Gasteiger partial charge < -0.3 is 14.7 Å². The number of carbonyl (C=O) groups excluding carboxylic acids is 1. The Kier molecular flexibility index (Phi) is 5.42. The van der Waals surface area contributed by atoms with Crippen molar-refractivity contribution in [3.8, 4) is 5.75 Å². The molecule has 0 bridgehead atoms. The number of rotatable bonds is 5. The average molecular weight is 378 g/mol. The number of hydrogen-bond acceptors (Lipinski definition) is 3. The number of halogens is 2. The first-order chi connectivity index (χ1) is 12.5. The third-order valence-corrected chi connectivity index (χ3v) is 4.76. The lowest BCUT2D eigenvalue weighted by molar-refractivity contribution is -0.142. The first-order valence-corrected chi connectivity index (χ1v) is 8.47. The molecule has 136 valence electrons. The second kappa shape index (κ2) is 7.74. The summed E-state index contributed by atoms with van der Waals surface area (Å²) in [4.78, 5) is 25.5. The van der Waals surface area contributed by atoms with E-state index in [0.29, 0.717) is 6.54 Å². The van der Waals surface area contributed by atoms with Crippen molar-refractivity contribution in [2.75, 3.05) is 19.7 Å². The van der Waals surface area contributed by atoms with Crippen molar-refractivity contribution in [3.63, 3.8) is 0 Å². The van der Waals surface area contributed by atoms with Crippen LogP contribution in [0.3, 0.4) is 0 Å². The molecule has 26 heavy (non-hydrogen) atoms. The number of likely N-dealkylation sites (tertiary alicyclic amines) is 1. The number of aliphatic carboxylic acids is 1. The van der Waals surface area contributed by atoms with Gasteiger partial charge in [-0.2, -0.15) is 0 Å². The van der Waals surface area contributed by atoms with Crippen LogP contribution in [0.5, 0.6) is 5.75 Å². The van der Waals surface area contributed by atoms with Gasteiger partial charge in [-0.3, -0.25) is 9.59 Å². The largest absolute Gasteiger partial charge is 0.484 e. The molecular weight excluding hydrogens is 361 g/mol. The van der Waals surface area contributed by atoms with Crippen LogP contribution in [-0.4, -0.2) is 41.6 Å². The molecule has 0 saturated carbocycles. The van der Waals surface area contributed by atoms with Crippen LogP contribution in [0, 0.1) is 11.7 Å². The lowest BCUT2D eigenvalue weighted by Crippen LogP contribution is -2.33. The fourth-order valence-electron chi connectivity index (χ4n) is 3.10. The van der Waals surface area contributed by atoms with Crippen molar-refractivity contribution in [1.29, 1.82) is 0 Å². The summed E-state index contributed by atoms with van der Waals surface area (Å²) in [5, 5.41) is 9.40. The summed E-state index contributed by atoms with van der Waals surface area (Å²) in [6, 6.07) is 13.1. The number of carboxylic acids is 1. The molecule has 2 atom stereocenters. The molecule has 2 aromatic rings. The van der Waals surface area contributed by atoms with E-state index < -0.39 is 17.7 Å². The Morgan fingerprint density at radius 3 is 2.58 bits per heavy atom. The Hall–Kier alpha value is -2.60. The Balaban J connectivity index is 1.66. The molecule has 5 nitrogen and oxygen atoms in total. The maximum absolute atomic E-state index is 13.1. The Bertz CT molecular complexity index is 814. The number of nitrogens with zero attached hydrogens (tertiary/aromatic N) is 1. The van der Waals surface area contributed by atoms with E-state index in [2.05, 4.69) is 0 Å². The number of ether oxygens (including phenoxy) is 1. The highest BCUT2D eigenvalue weighted by atomic mass is 35.5. The molecule has 0 aliphatic carbocycles. The number of amides is 1. The zero-order valence-corrected chi connectivity index (χ0v) is 14.5. The van der Waals surface area contributed by atoms with E-state index in [1.165, 1.54) is 17.0 Å². The van der Waals surface area contributed by atoms with Crippen molar-refractivity contribution in [3.05, 3.63) is 64.9 Å². The minimum Gasteiger partial charge on any atom is -0.484 e. The highest BCUT2D eigenvalue weighted by Crippen LogP contribution is 2.33. The van der Waals surface area contributed by atoms with Gasteiger partial charge in [0.05, 0.1) is 10.9 Å². The van der Waals surface area contributed by atoms with E-state index in [1.807, 2.05) is 30.3 Å². The van der Waals surface area contributed by atoms with E-state index in [-0.39, 0.29) is 35.7 Å². The summed E-state index contributed by atoms with van der Waals surface area (Å²) in [7, 11) is 0. The average Bonchev–Trinajstić information content (AvgIpc) is 3.09. The van der Waals surface area contributed by atoms with Gasteiger partial charge in [-0.15, -0.1) is 0 Å². The lowest BCUT2D eigenvalue weighted by atomic mass is 9.89. The van der Waals surface area contributed by atoms with Gasteiger partial charge in [-0.25, -0.2) is 4.39 Å². The predicted octanol–water partition coefficient (Wildman–Crippen LogP) is 3.18. The van der Waals surface area contributed by atoms with Gasteiger partial charge in [0.15, 0.2) is 6.61 Å². The molecule has 1 saturated heterocycles. The summed E-state index contributed by atoms with van der Waals surface area (Å²) in [6.45, 7) is 0.171. The second-order valence-corrected chi connectivity index (χ2v) is 6.53. The van der Waals surface area contributed by atoms with E-state index in [9.17, 15) is 19.1 Å². The molecule has 2 aromatic carbocycles. The van der Waals surface area contributed by atoms with Gasteiger partial charge in [0, 0.05) is 25.1 Å². The Labute approximate surface area is 154 Å². The van der Waals surface area contributed by atoms with E-state index >= 15 is 0 Å². The third-order valence-electron chi connectivity index (χ3n) is 4.47. The zero-order chi connectivity index (χ0) is 18.7. The molecule has 0 radical (unpaired) electrons. The van der Waals surface area contributed by atoms with Gasteiger partial charge in [-0.1, -0.05) is 41.9 Å². The number of hydrogen-bond donors (Lipinski definition) is 1. The molecule has 3 rings (SSSR count). The van der Waals surface area contributed by atoms with Crippen LogP contribution in [0.4, 0.5) is 4.39 Å². The van der Waals surface area contributed by atoms with Gasteiger partial charge in [0.2, 0.25) is 0 Å². The molecule has 2 unspecified atom stereocenters. The summed E-state index contributed by atoms with van der Waals surface area (Å²) in [5.74, 6) is -2.48. The lowest BCUT2D eigenvalue weighted by Gasteiger charge is -2.17. The van der Waals surface area contributed by atoms with Crippen molar-refractivity contribution in [1.82, 2.24) is 4.90 Å². The predicted molar refractivity (Wildman–Crippen MR) is 93.8 cm³/mol. The second-order valence-electron chi connectivity index (χ2n) is 6.13. The molecule has 0 aromatic heterocycles. The summed E-state index contributed by atoms with van der Waals surface area (Å²) in [5.41, 5.74) is 0.890. The normalized spacial score (nSPS) is 19.4. The third kappa shape index (κ3) is 3.96. The van der Waals surface area contributed by atoms with Gasteiger partial charge in [0.25, 0.3) is 5.91 Å². The first-order valence-electron chi connectivity index (χ1n) is 8.09. The highest BCUT2D eigenvalue weighted by Gasteiger charge is 2.40. The van der Waals surface area contributed by atoms with E-state index in [0.717, 1.165) is 11.6 Å². The van der Waals surface area contributed by atoms with Crippen LogP contribution >= 0.6 is 11.6 Å². The maximum Gasteiger partial charge on any atom is 0.308 e. The fraction of sp³-hybridized carbons (Fsp3) is 0.263. The fourth-order valence-corrected chi connectivity index (χ4v) is 3.27. The monoisotopic (exact) mass is 377 g/mol. The molecule has 1 heterocycles. The van der Waals surface area contributed by atoms with Crippen molar-refractivity contribution < 1.29 is 23.8 Å². The summed E-state index contributed by atoms with van der Waals surface area (Å²) in [6.07, 6.45) is 0. The van der Waals surface area contributed by atoms with Crippen LogP contribution in [-0.2, 0) is 9.59 Å². The number of carboxylic acid groups (broad SMARTS) is 1. The Morgan fingerprint density at radius 2 is 1.92 bits per heavy atom. The van der Waals surface area contributed by atoms with E-state index in [4.69, 9.17) is 16.3 Å². The minimum atomic E-state index is -0.930. The number of benzene rings is 2. The molecule has 1 fully saturated rings. The first kappa shape index (κ1) is 18.2. The topological polar surface area (TPSA) is 66.8 Å². The zero-order valence-electron chi connectivity index (χ0n) is 13.8. The highest BCUT2D eigenvalue weighted by molar-refractivity contribution is 6.30. The van der Waals surface area contributed by atoms with Crippen LogP contribution < -0.4 is 4.74 Å². The summed E-state index contributed by atoms with van der Waals surface area (Å²) >= 11 is 5.68. The van der Waals surface area contributed by atoms with Gasteiger partial charge >= 0.3 is 5.97 Å². The molecular formula is C19H17ClFNO4. The van der Waals surface area contributed by atoms with Crippen molar-refractivity contribution in [2.45, 2.75) is 5.92 Å². The smallest absolute Gasteiger partial charge is 0.308 e. The number of carbonyl (C=O) groups is 2. The molecule has 1 N–H and O–H groups in total. The molecule has 0 spiro atoms. The molecule has 7 heteroatoms. The quantitative estimate of drug-likeness (QED) is 0.869. The minimum absolute atomic E-state index is 0.0915. The van der Waals surface area contributed by atoms with Crippen molar-refractivity contribution in [2.24, 2.45) is 5.92 Å². The molecule has 1 amide bonds. The van der Waals surface area contributed by atoms with Crippen molar-refractivity contribution >= 4 is 23.5 Å².